The molecule has 0 radical (unpaired) electrons. The van der Waals surface area contributed by atoms with Gasteiger partial charge in [-0.15, -0.1) is 0 Å². The van der Waals surface area contributed by atoms with E-state index in [2.05, 4.69) is 41.3 Å². The standard InChI is InChI=1S/C19H19N3O/c1-21(18-11-10-14-6-2-4-8-16(14)18)13-22-19(23)17-9-5-3-7-15(17)12-20-22/h2-9,12,18H,10-11,13H2,1H3/t18-/m0/s1. The second kappa shape index (κ2) is 5.63. The highest BCUT2D eigenvalue weighted by molar-refractivity contribution is 5.80. The van der Waals surface area contributed by atoms with Crippen LogP contribution in [0.25, 0.3) is 10.8 Å². The molecular formula is C19H19N3O. The average molecular weight is 305 g/mol. The summed E-state index contributed by atoms with van der Waals surface area (Å²) in [6.45, 7) is 0.503. The van der Waals surface area contributed by atoms with Crippen molar-refractivity contribution < 1.29 is 0 Å². The molecule has 4 nitrogen and oxygen atoms in total. The van der Waals surface area contributed by atoms with Crippen LogP contribution in [0.4, 0.5) is 0 Å². The minimum Gasteiger partial charge on any atom is -0.280 e. The molecule has 0 saturated carbocycles. The summed E-state index contributed by atoms with van der Waals surface area (Å²) in [5.41, 5.74) is 2.77. The largest absolute Gasteiger partial charge is 0.280 e. The molecule has 0 amide bonds. The molecule has 0 bridgehead atoms. The quantitative estimate of drug-likeness (QED) is 0.746. The van der Waals surface area contributed by atoms with E-state index in [4.69, 9.17) is 0 Å². The van der Waals surface area contributed by atoms with Gasteiger partial charge in [0.15, 0.2) is 0 Å². The Morgan fingerprint density at radius 2 is 1.96 bits per heavy atom. The van der Waals surface area contributed by atoms with Gasteiger partial charge in [0.05, 0.1) is 18.3 Å². The van der Waals surface area contributed by atoms with Gasteiger partial charge in [0, 0.05) is 11.4 Å². The zero-order valence-corrected chi connectivity index (χ0v) is 13.1. The molecule has 0 saturated heterocycles. The van der Waals surface area contributed by atoms with E-state index in [1.54, 1.807) is 10.9 Å². The lowest BCUT2D eigenvalue weighted by Gasteiger charge is -2.25. The Kier molecular flexibility index (Phi) is 3.46. The summed E-state index contributed by atoms with van der Waals surface area (Å²) in [7, 11) is 2.07. The Hall–Kier alpha value is -2.46. The summed E-state index contributed by atoms with van der Waals surface area (Å²) in [4.78, 5) is 14.8. The van der Waals surface area contributed by atoms with Crippen molar-refractivity contribution in [3.63, 3.8) is 0 Å². The van der Waals surface area contributed by atoms with Gasteiger partial charge in [-0.1, -0.05) is 42.5 Å². The molecule has 0 fully saturated rings. The van der Waals surface area contributed by atoms with Gasteiger partial charge in [-0.05, 0) is 37.1 Å². The van der Waals surface area contributed by atoms with Crippen molar-refractivity contribution in [3.8, 4) is 0 Å². The number of hydrogen-bond donors (Lipinski definition) is 0. The number of aryl methyl sites for hydroxylation is 1. The summed E-state index contributed by atoms with van der Waals surface area (Å²) in [5, 5.41) is 5.95. The molecule has 0 N–H and O–H groups in total. The van der Waals surface area contributed by atoms with Crippen molar-refractivity contribution in [2.45, 2.75) is 25.6 Å². The summed E-state index contributed by atoms with van der Waals surface area (Å²) in [6.07, 6.45) is 3.97. The maximum atomic E-state index is 12.6. The first-order valence-electron chi connectivity index (χ1n) is 7.97. The van der Waals surface area contributed by atoms with Crippen LogP contribution >= 0.6 is 0 Å². The summed E-state index contributed by atoms with van der Waals surface area (Å²) < 4.78 is 1.56. The maximum absolute atomic E-state index is 12.6. The van der Waals surface area contributed by atoms with Crippen LogP contribution in [0.15, 0.2) is 59.5 Å². The third-order valence-corrected chi connectivity index (χ3v) is 4.75. The summed E-state index contributed by atoms with van der Waals surface area (Å²) in [5.74, 6) is 0. The summed E-state index contributed by atoms with van der Waals surface area (Å²) >= 11 is 0. The first kappa shape index (κ1) is 14.2. The topological polar surface area (TPSA) is 38.1 Å². The van der Waals surface area contributed by atoms with E-state index in [1.807, 2.05) is 24.3 Å². The number of fused-ring (bicyclic) bond motifs is 2. The second-order valence-corrected chi connectivity index (χ2v) is 6.19. The van der Waals surface area contributed by atoms with Crippen molar-refractivity contribution in [2.24, 2.45) is 0 Å². The van der Waals surface area contributed by atoms with Crippen LogP contribution < -0.4 is 5.56 Å². The lowest BCUT2D eigenvalue weighted by Crippen LogP contribution is -2.33. The highest BCUT2D eigenvalue weighted by Gasteiger charge is 2.25. The van der Waals surface area contributed by atoms with Gasteiger partial charge >= 0.3 is 0 Å². The zero-order valence-electron chi connectivity index (χ0n) is 13.1. The SMILES string of the molecule is CN(Cn1ncc2ccccc2c1=O)[C@H]1CCc2ccccc21. The van der Waals surface area contributed by atoms with Gasteiger partial charge in [0.1, 0.15) is 0 Å². The van der Waals surface area contributed by atoms with E-state index in [0.717, 1.165) is 23.6 Å². The van der Waals surface area contributed by atoms with E-state index < -0.39 is 0 Å². The fraction of sp³-hybridized carbons (Fsp3) is 0.263. The molecular weight excluding hydrogens is 286 g/mol. The Morgan fingerprint density at radius 1 is 1.17 bits per heavy atom. The predicted octanol–water partition coefficient (Wildman–Crippen LogP) is 2.97. The minimum atomic E-state index is -0.0266. The number of aromatic nitrogens is 2. The van der Waals surface area contributed by atoms with Gasteiger partial charge in [0.2, 0.25) is 0 Å². The Balaban J connectivity index is 1.64. The highest BCUT2D eigenvalue weighted by atomic mass is 16.1. The first-order chi connectivity index (χ1) is 11.2. The monoisotopic (exact) mass is 305 g/mol. The summed E-state index contributed by atoms with van der Waals surface area (Å²) in [6, 6.07) is 16.5. The molecule has 2 aromatic carbocycles. The molecule has 0 unspecified atom stereocenters. The molecule has 1 aromatic heterocycles. The number of rotatable bonds is 3. The van der Waals surface area contributed by atoms with Crippen molar-refractivity contribution in [2.75, 3.05) is 7.05 Å². The van der Waals surface area contributed by atoms with Gasteiger partial charge in [-0.3, -0.25) is 9.69 Å². The van der Waals surface area contributed by atoms with Gasteiger partial charge < -0.3 is 0 Å². The van der Waals surface area contributed by atoms with Crippen molar-refractivity contribution in [1.29, 1.82) is 0 Å². The molecule has 0 spiro atoms. The molecule has 116 valence electrons. The fourth-order valence-electron chi connectivity index (χ4n) is 3.53. The van der Waals surface area contributed by atoms with E-state index in [1.165, 1.54) is 11.1 Å². The lowest BCUT2D eigenvalue weighted by atomic mass is 10.1. The molecule has 0 aliphatic heterocycles. The van der Waals surface area contributed by atoms with Crippen molar-refractivity contribution in [3.05, 3.63) is 76.2 Å². The Labute approximate surface area is 135 Å². The fourth-order valence-corrected chi connectivity index (χ4v) is 3.53. The minimum absolute atomic E-state index is 0.0266. The van der Waals surface area contributed by atoms with Crippen molar-refractivity contribution in [1.82, 2.24) is 14.7 Å². The van der Waals surface area contributed by atoms with E-state index in [-0.39, 0.29) is 5.56 Å². The smallest absolute Gasteiger partial charge is 0.275 e. The number of nitrogens with zero attached hydrogens (tertiary/aromatic N) is 3. The van der Waals surface area contributed by atoms with Crippen LogP contribution in [0, 0.1) is 0 Å². The molecule has 3 aromatic rings. The van der Waals surface area contributed by atoms with Crippen LogP contribution in [0.3, 0.4) is 0 Å². The molecule has 1 heterocycles. The highest BCUT2D eigenvalue weighted by Crippen LogP contribution is 2.34. The Morgan fingerprint density at radius 3 is 2.87 bits per heavy atom. The number of hydrogen-bond acceptors (Lipinski definition) is 3. The van der Waals surface area contributed by atoms with Crippen LogP contribution in [-0.4, -0.2) is 21.7 Å². The third kappa shape index (κ3) is 2.45. The number of benzene rings is 2. The first-order valence-corrected chi connectivity index (χ1v) is 7.97. The van der Waals surface area contributed by atoms with Crippen LogP contribution in [0.5, 0.6) is 0 Å². The van der Waals surface area contributed by atoms with E-state index in [9.17, 15) is 4.79 Å². The molecule has 1 atom stereocenters. The van der Waals surface area contributed by atoms with Crippen LogP contribution in [0.2, 0.25) is 0 Å². The molecule has 1 aliphatic rings. The van der Waals surface area contributed by atoms with Crippen LogP contribution in [0.1, 0.15) is 23.6 Å². The molecule has 23 heavy (non-hydrogen) atoms. The van der Waals surface area contributed by atoms with Gasteiger partial charge in [-0.25, -0.2) is 4.68 Å². The Bertz CT molecular complexity index is 916. The zero-order chi connectivity index (χ0) is 15.8. The van der Waals surface area contributed by atoms with Crippen molar-refractivity contribution >= 4 is 10.8 Å². The van der Waals surface area contributed by atoms with E-state index >= 15 is 0 Å². The second-order valence-electron chi connectivity index (χ2n) is 6.19. The molecule has 4 heteroatoms. The molecule has 4 rings (SSSR count). The maximum Gasteiger partial charge on any atom is 0.275 e. The normalized spacial score (nSPS) is 16.9. The van der Waals surface area contributed by atoms with E-state index in [0.29, 0.717) is 12.7 Å². The third-order valence-electron chi connectivity index (χ3n) is 4.75. The predicted molar refractivity (Wildman–Crippen MR) is 91.3 cm³/mol. The van der Waals surface area contributed by atoms with Gasteiger partial charge in [0.25, 0.3) is 5.56 Å². The average Bonchev–Trinajstić information content (AvgIpc) is 3.02. The van der Waals surface area contributed by atoms with Gasteiger partial charge in [-0.2, -0.15) is 5.10 Å². The lowest BCUT2D eigenvalue weighted by molar-refractivity contribution is 0.180. The van der Waals surface area contributed by atoms with Crippen LogP contribution in [-0.2, 0) is 13.1 Å². The molecule has 1 aliphatic carbocycles.